The van der Waals surface area contributed by atoms with Crippen LogP contribution in [0.15, 0.2) is 54.2 Å². The zero-order valence-corrected chi connectivity index (χ0v) is 12.5. The van der Waals surface area contributed by atoms with Gasteiger partial charge in [-0.05, 0) is 28.3 Å². The van der Waals surface area contributed by atoms with Crippen molar-refractivity contribution in [1.82, 2.24) is 0 Å². The Morgan fingerprint density at radius 2 is 1.81 bits per heavy atom. The van der Waals surface area contributed by atoms with Crippen LogP contribution in [-0.4, -0.2) is 5.91 Å². The monoisotopic (exact) mass is 278 g/mol. The molecule has 0 aliphatic carbocycles. The number of nitrogens with one attached hydrogen (secondary N) is 1. The largest absolute Gasteiger partial charge is 0.332 e. The number of rotatable bonds is 2. The van der Waals surface area contributed by atoms with E-state index in [-0.39, 0.29) is 17.0 Å². The van der Waals surface area contributed by atoms with E-state index in [1.807, 2.05) is 63.2 Å². The minimum absolute atomic E-state index is 0.121. The van der Waals surface area contributed by atoms with E-state index in [0.717, 1.165) is 10.8 Å². The fraction of sp³-hybridized carbons (Fsp3) is 0.222. The zero-order chi connectivity index (χ0) is 15.5. The summed E-state index contributed by atoms with van der Waals surface area (Å²) in [5.41, 5.74) is 0.610. The molecule has 0 atom stereocenters. The van der Waals surface area contributed by atoms with Crippen molar-refractivity contribution in [2.75, 3.05) is 5.32 Å². The van der Waals surface area contributed by atoms with E-state index in [9.17, 15) is 4.79 Å². The van der Waals surface area contributed by atoms with Crippen molar-refractivity contribution in [3.05, 3.63) is 65.7 Å². The Hall–Kier alpha value is -2.60. The predicted molar refractivity (Wildman–Crippen MR) is 86.7 cm³/mol. The SMILES string of the molecule is [C-]#[N+]/C(=C/C(C)(C)C)C(=O)Nc1ccc2ccccc2c1. The van der Waals surface area contributed by atoms with Gasteiger partial charge in [0.2, 0.25) is 5.70 Å². The van der Waals surface area contributed by atoms with Gasteiger partial charge in [0.15, 0.2) is 0 Å². The van der Waals surface area contributed by atoms with Crippen LogP contribution in [0.25, 0.3) is 15.6 Å². The van der Waals surface area contributed by atoms with Crippen LogP contribution in [0.1, 0.15) is 20.8 Å². The molecular weight excluding hydrogens is 260 g/mol. The third kappa shape index (κ3) is 3.93. The number of allylic oxidation sites excluding steroid dienone is 1. The van der Waals surface area contributed by atoms with Gasteiger partial charge in [-0.25, -0.2) is 4.85 Å². The quantitative estimate of drug-likeness (QED) is 0.630. The van der Waals surface area contributed by atoms with Gasteiger partial charge in [-0.3, -0.25) is 4.79 Å². The molecule has 0 saturated heterocycles. The molecule has 0 spiro atoms. The van der Waals surface area contributed by atoms with Crippen molar-refractivity contribution < 1.29 is 4.79 Å². The molecule has 3 heteroatoms. The van der Waals surface area contributed by atoms with Gasteiger partial charge in [0.05, 0.1) is 6.57 Å². The van der Waals surface area contributed by atoms with Crippen molar-refractivity contribution in [3.8, 4) is 0 Å². The number of hydrogen-bond donors (Lipinski definition) is 1. The molecule has 0 unspecified atom stereocenters. The molecule has 0 aliphatic rings. The van der Waals surface area contributed by atoms with Crippen LogP contribution in [0, 0.1) is 12.0 Å². The molecule has 0 bridgehead atoms. The molecule has 1 amide bonds. The Kier molecular flexibility index (Phi) is 4.09. The summed E-state index contributed by atoms with van der Waals surface area (Å²) in [6.07, 6.45) is 1.69. The number of carbonyl (C=O) groups is 1. The van der Waals surface area contributed by atoms with Gasteiger partial charge in [0.1, 0.15) is 0 Å². The summed E-state index contributed by atoms with van der Waals surface area (Å²) in [5.74, 6) is -0.366. The van der Waals surface area contributed by atoms with Crippen molar-refractivity contribution in [3.63, 3.8) is 0 Å². The second-order valence-corrected chi connectivity index (χ2v) is 6.02. The maximum atomic E-state index is 12.2. The molecule has 1 N–H and O–H groups in total. The van der Waals surface area contributed by atoms with Crippen molar-refractivity contribution in [2.24, 2.45) is 5.41 Å². The summed E-state index contributed by atoms with van der Waals surface area (Å²) in [7, 11) is 0. The number of amides is 1. The molecular formula is C18H18N2O. The minimum atomic E-state index is -0.366. The molecule has 2 rings (SSSR count). The number of nitrogens with zero attached hydrogens (tertiary/aromatic N) is 1. The van der Waals surface area contributed by atoms with E-state index in [1.54, 1.807) is 6.08 Å². The number of carbonyl (C=O) groups excluding carboxylic acids is 1. The Bertz CT molecular complexity index is 746. The molecule has 0 heterocycles. The number of anilines is 1. The molecule has 0 radical (unpaired) electrons. The van der Waals surface area contributed by atoms with Crippen molar-refractivity contribution in [2.45, 2.75) is 20.8 Å². The maximum absolute atomic E-state index is 12.2. The Morgan fingerprint density at radius 1 is 1.14 bits per heavy atom. The molecule has 0 aliphatic heterocycles. The van der Waals surface area contributed by atoms with Gasteiger partial charge in [-0.1, -0.05) is 57.2 Å². The maximum Gasteiger partial charge on any atom is 0.254 e. The van der Waals surface area contributed by atoms with Gasteiger partial charge in [-0.2, -0.15) is 0 Å². The highest BCUT2D eigenvalue weighted by Crippen LogP contribution is 2.21. The normalized spacial score (nSPS) is 12.0. The van der Waals surface area contributed by atoms with Crippen molar-refractivity contribution >= 4 is 22.4 Å². The number of benzene rings is 2. The lowest BCUT2D eigenvalue weighted by Crippen LogP contribution is -2.15. The first-order valence-electron chi connectivity index (χ1n) is 6.79. The highest BCUT2D eigenvalue weighted by atomic mass is 16.2. The second kappa shape index (κ2) is 5.80. The molecule has 0 fully saturated rings. The Labute approximate surface area is 125 Å². The summed E-state index contributed by atoms with van der Waals surface area (Å²) < 4.78 is 0. The lowest BCUT2D eigenvalue weighted by atomic mass is 9.95. The van der Waals surface area contributed by atoms with Crippen LogP contribution >= 0.6 is 0 Å². The molecule has 106 valence electrons. The summed E-state index contributed by atoms with van der Waals surface area (Å²) in [4.78, 5) is 15.5. The molecule has 0 aromatic heterocycles. The molecule has 2 aromatic carbocycles. The average molecular weight is 278 g/mol. The summed E-state index contributed by atoms with van der Waals surface area (Å²) >= 11 is 0. The van der Waals surface area contributed by atoms with Gasteiger partial charge >= 0.3 is 0 Å². The lowest BCUT2D eigenvalue weighted by Gasteiger charge is -2.13. The van der Waals surface area contributed by atoms with E-state index in [1.165, 1.54) is 0 Å². The fourth-order valence-electron chi connectivity index (χ4n) is 2.02. The topological polar surface area (TPSA) is 33.5 Å². The van der Waals surface area contributed by atoms with E-state index < -0.39 is 0 Å². The fourth-order valence-corrected chi connectivity index (χ4v) is 2.02. The van der Waals surface area contributed by atoms with Crippen molar-refractivity contribution in [1.29, 1.82) is 0 Å². The number of hydrogen-bond acceptors (Lipinski definition) is 1. The van der Waals surface area contributed by atoms with Crippen LogP contribution < -0.4 is 5.32 Å². The van der Waals surface area contributed by atoms with Crippen LogP contribution in [0.2, 0.25) is 0 Å². The smallest absolute Gasteiger partial charge is 0.254 e. The summed E-state index contributed by atoms with van der Waals surface area (Å²) in [5, 5.41) is 4.96. The molecule has 2 aromatic rings. The van der Waals surface area contributed by atoms with Gasteiger partial charge in [0.25, 0.3) is 5.91 Å². The average Bonchev–Trinajstić information content (AvgIpc) is 2.43. The highest BCUT2D eigenvalue weighted by molar-refractivity contribution is 6.05. The van der Waals surface area contributed by atoms with Crippen LogP contribution in [0.5, 0.6) is 0 Å². The van der Waals surface area contributed by atoms with E-state index >= 15 is 0 Å². The second-order valence-electron chi connectivity index (χ2n) is 6.02. The Morgan fingerprint density at radius 3 is 2.43 bits per heavy atom. The minimum Gasteiger partial charge on any atom is -0.332 e. The van der Waals surface area contributed by atoms with E-state index in [4.69, 9.17) is 6.57 Å². The molecule has 3 nitrogen and oxygen atoms in total. The van der Waals surface area contributed by atoms with Crippen LogP contribution in [0.4, 0.5) is 5.69 Å². The standard InChI is InChI=1S/C18H18N2O/c1-18(2,3)12-16(19-4)17(21)20-15-10-9-13-7-5-6-8-14(13)11-15/h5-12H,1-3H3,(H,20,21)/b16-12+. The van der Waals surface area contributed by atoms with Gasteiger partial charge in [0, 0.05) is 5.69 Å². The van der Waals surface area contributed by atoms with E-state index in [0.29, 0.717) is 5.69 Å². The predicted octanol–water partition coefficient (Wildman–Crippen LogP) is 4.63. The van der Waals surface area contributed by atoms with Gasteiger partial charge < -0.3 is 5.32 Å². The van der Waals surface area contributed by atoms with Crippen LogP contribution in [-0.2, 0) is 4.79 Å². The highest BCUT2D eigenvalue weighted by Gasteiger charge is 2.15. The zero-order valence-electron chi connectivity index (χ0n) is 12.5. The lowest BCUT2D eigenvalue weighted by molar-refractivity contribution is -0.112. The van der Waals surface area contributed by atoms with Crippen LogP contribution in [0.3, 0.4) is 0 Å². The summed E-state index contributed by atoms with van der Waals surface area (Å²) in [6, 6.07) is 13.7. The van der Waals surface area contributed by atoms with E-state index in [2.05, 4.69) is 10.2 Å². The first kappa shape index (κ1) is 14.8. The molecule has 21 heavy (non-hydrogen) atoms. The summed E-state index contributed by atoms with van der Waals surface area (Å²) in [6.45, 7) is 13.0. The Balaban J connectivity index is 2.25. The molecule has 0 saturated carbocycles. The number of fused-ring (bicyclic) bond motifs is 1. The first-order valence-corrected chi connectivity index (χ1v) is 6.79. The first-order chi connectivity index (χ1) is 9.89. The third-order valence-electron chi connectivity index (χ3n) is 2.93. The third-order valence-corrected chi connectivity index (χ3v) is 2.93. The van der Waals surface area contributed by atoms with Gasteiger partial charge in [-0.15, -0.1) is 0 Å².